The van der Waals surface area contributed by atoms with Gasteiger partial charge in [-0.25, -0.2) is 0 Å². The number of ether oxygens (including phenoxy) is 4. The molecule has 4 unspecified atom stereocenters. The van der Waals surface area contributed by atoms with E-state index in [0.29, 0.717) is 51.9 Å². The van der Waals surface area contributed by atoms with Gasteiger partial charge in [-0.15, -0.1) is 0 Å². The molecule has 8 heteroatoms. The number of rotatable bonds is 12. The fourth-order valence-electron chi connectivity index (χ4n) is 11.2. The van der Waals surface area contributed by atoms with Gasteiger partial charge >= 0.3 is 0 Å². The maximum atomic E-state index is 6.50. The van der Waals surface area contributed by atoms with Crippen LogP contribution in [0.3, 0.4) is 0 Å². The molecule has 0 saturated heterocycles. The van der Waals surface area contributed by atoms with E-state index in [1.165, 1.54) is 44.5 Å². The molecule has 8 N–H and O–H groups in total. The Morgan fingerprint density at radius 2 is 0.484 bits per heavy atom. The van der Waals surface area contributed by atoms with Crippen LogP contribution in [0.25, 0.3) is 0 Å². The van der Waals surface area contributed by atoms with Crippen molar-refractivity contribution in [1.82, 2.24) is 0 Å². The van der Waals surface area contributed by atoms with Gasteiger partial charge in [-0.05, 0) is 142 Å². The lowest BCUT2D eigenvalue weighted by atomic mass is 9.64. The molecule has 5 rings (SSSR count). The molecule has 8 bridgehead atoms. The molecule has 4 aromatic rings. The quantitative estimate of drug-likeness (QED) is 0.110. The molecule has 0 saturated carbocycles. The third-order valence-corrected chi connectivity index (χ3v) is 13.6. The number of hydrogen-bond acceptors (Lipinski definition) is 8. The zero-order valence-electron chi connectivity index (χ0n) is 42.5. The van der Waals surface area contributed by atoms with Gasteiger partial charge in [-0.1, -0.05) is 107 Å². The average Bonchev–Trinajstić information content (AvgIpc) is 3.19. The SMILES string of the molecule is COc1cc(CCN)c2cc1C(C(C)(C)C)c1cc(c(OC)cc1CCN)C(C(C)(C)C)c1cc(c(OC)cc1CCN)C(C(C)(C)C)c1cc(c(OC)cc1CCN)C2C(C)(C)C. The van der Waals surface area contributed by atoms with Crippen LogP contribution in [0.5, 0.6) is 23.0 Å². The van der Waals surface area contributed by atoms with E-state index in [1.54, 1.807) is 28.4 Å². The van der Waals surface area contributed by atoms with Crippen molar-refractivity contribution < 1.29 is 18.9 Å². The van der Waals surface area contributed by atoms with E-state index < -0.39 is 0 Å². The lowest BCUT2D eigenvalue weighted by Gasteiger charge is -2.41. The normalized spacial score (nSPS) is 18.2. The van der Waals surface area contributed by atoms with Crippen LogP contribution in [-0.4, -0.2) is 54.6 Å². The molecule has 8 nitrogen and oxygen atoms in total. The van der Waals surface area contributed by atoms with Crippen molar-refractivity contribution in [3.8, 4) is 23.0 Å². The van der Waals surface area contributed by atoms with Crippen LogP contribution in [0.2, 0.25) is 0 Å². The van der Waals surface area contributed by atoms with E-state index in [4.69, 9.17) is 41.9 Å². The Morgan fingerprint density at radius 1 is 0.312 bits per heavy atom. The summed E-state index contributed by atoms with van der Waals surface area (Å²) in [5.41, 5.74) is 39.1. The molecular formula is C56H84N4O4. The van der Waals surface area contributed by atoms with Crippen molar-refractivity contribution >= 4 is 0 Å². The zero-order chi connectivity index (χ0) is 47.7. The summed E-state index contributed by atoms with van der Waals surface area (Å²) in [7, 11) is 7.19. The predicted molar refractivity (Wildman–Crippen MR) is 268 cm³/mol. The fourth-order valence-corrected chi connectivity index (χ4v) is 11.2. The molecule has 0 aromatic heterocycles. The molecule has 0 fully saturated rings. The summed E-state index contributed by atoms with van der Waals surface area (Å²) in [5, 5.41) is 0. The monoisotopic (exact) mass is 877 g/mol. The van der Waals surface area contributed by atoms with Crippen molar-refractivity contribution in [2.75, 3.05) is 54.6 Å². The van der Waals surface area contributed by atoms with Crippen LogP contribution in [0.1, 0.15) is 174 Å². The highest BCUT2D eigenvalue weighted by molar-refractivity contribution is 5.61. The van der Waals surface area contributed by atoms with Crippen molar-refractivity contribution in [2.45, 2.75) is 132 Å². The second kappa shape index (κ2) is 19.8. The summed E-state index contributed by atoms with van der Waals surface area (Å²) >= 11 is 0. The number of fused-ring (bicyclic) bond motifs is 8. The molecule has 0 radical (unpaired) electrons. The minimum absolute atomic E-state index is 0.0990. The maximum Gasteiger partial charge on any atom is 0.122 e. The van der Waals surface area contributed by atoms with Crippen molar-refractivity contribution in [3.05, 3.63) is 115 Å². The molecule has 4 aromatic carbocycles. The van der Waals surface area contributed by atoms with E-state index in [-0.39, 0.29) is 45.3 Å². The average molecular weight is 877 g/mol. The van der Waals surface area contributed by atoms with Gasteiger partial charge in [0.25, 0.3) is 0 Å². The molecule has 352 valence electrons. The number of hydrogen-bond donors (Lipinski definition) is 4. The Hall–Kier alpha value is -4.08. The summed E-state index contributed by atoms with van der Waals surface area (Å²) in [6.07, 6.45) is 2.77. The first-order valence-corrected chi connectivity index (χ1v) is 23.6. The van der Waals surface area contributed by atoms with Crippen LogP contribution in [0.4, 0.5) is 0 Å². The Balaban J connectivity index is 2.23. The molecule has 64 heavy (non-hydrogen) atoms. The third-order valence-electron chi connectivity index (χ3n) is 13.6. The van der Waals surface area contributed by atoms with E-state index >= 15 is 0 Å². The second-order valence-electron chi connectivity index (χ2n) is 22.5. The number of nitrogens with two attached hydrogens (primary N) is 4. The maximum absolute atomic E-state index is 6.50. The molecule has 1 aliphatic rings. The Morgan fingerprint density at radius 3 is 0.609 bits per heavy atom. The lowest BCUT2D eigenvalue weighted by Crippen LogP contribution is -2.28. The molecule has 0 aliphatic heterocycles. The van der Waals surface area contributed by atoms with E-state index in [1.807, 2.05) is 0 Å². The molecular weight excluding hydrogens is 793 g/mol. The largest absolute Gasteiger partial charge is 0.496 e. The smallest absolute Gasteiger partial charge is 0.122 e. The standard InChI is InChI=1S/C56H84N4O4/c1-53(2,3)49-37-29-42(46(62-14)25-33(37)17-21-57)51(55(7,8)9)39-31-44(48(64-16)27-35(39)19-23-59)52(56(10,11)12)40-32-43(47(63-15)28-36(40)20-24-60)50(54(4,5)6)38-30-41(49)45(61-13)26-34(38)18-22-58/h25-32,49-52H,17-24,57-60H2,1-16H3. The van der Waals surface area contributed by atoms with Crippen LogP contribution in [0, 0.1) is 21.7 Å². The summed E-state index contributed by atoms with van der Waals surface area (Å²) < 4.78 is 25.9. The van der Waals surface area contributed by atoms with Crippen LogP contribution < -0.4 is 41.9 Å². The van der Waals surface area contributed by atoms with Crippen molar-refractivity contribution in [1.29, 1.82) is 0 Å². The highest BCUT2D eigenvalue weighted by Crippen LogP contribution is 2.56. The van der Waals surface area contributed by atoms with Gasteiger partial charge in [0.2, 0.25) is 0 Å². The van der Waals surface area contributed by atoms with Gasteiger partial charge in [0, 0.05) is 45.9 Å². The minimum Gasteiger partial charge on any atom is -0.496 e. The Bertz CT molecular complexity index is 1930. The summed E-state index contributed by atoms with van der Waals surface area (Å²) in [4.78, 5) is 0. The van der Waals surface area contributed by atoms with Crippen LogP contribution in [0.15, 0.2) is 48.5 Å². The molecule has 0 heterocycles. The number of methoxy groups -OCH3 is 4. The highest BCUT2D eigenvalue weighted by atomic mass is 16.5. The summed E-state index contributed by atoms with van der Waals surface area (Å²) in [5.74, 6) is 3.02. The highest BCUT2D eigenvalue weighted by Gasteiger charge is 2.42. The van der Waals surface area contributed by atoms with E-state index in [9.17, 15) is 0 Å². The topological polar surface area (TPSA) is 141 Å². The Labute approximate surface area is 387 Å². The molecule has 0 amide bonds. The van der Waals surface area contributed by atoms with E-state index in [2.05, 4.69) is 132 Å². The van der Waals surface area contributed by atoms with E-state index in [0.717, 1.165) is 45.3 Å². The van der Waals surface area contributed by atoms with Crippen LogP contribution in [-0.2, 0) is 25.7 Å². The zero-order valence-corrected chi connectivity index (χ0v) is 42.5. The van der Waals surface area contributed by atoms with Gasteiger partial charge < -0.3 is 41.9 Å². The first kappa shape index (κ1) is 50.9. The van der Waals surface area contributed by atoms with Crippen molar-refractivity contribution in [3.63, 3.8) is 0 Å². The first-order valence-electron chi connectivity index (χ1n) is 23.6. The summed E-state index contributed by atoms with van der Waals surface area (Å²) in [6.45, 7) is 30.1. The lowest BCUT2D eigenvalue weighted by molar-refractivity contribution is 0.323. The van der Waals surface area contributed by atoms with Gasteiger partial charge in [0.1, 0.15) is 23.0 Å². The third kappa shape index (κ3) is 10.2. The fraction of sp³-hybridized carbons (Fsp3) is 0.571. The predicted octanol–water partition coefficient (Wildman–Crippen LogP) is 10.8. The van der Waals surface area contributed by atoms with Crippen molar-refractivity contribution in [2.24, 2.45) is 44.6 Å². The van der Waals surface area contributed by atoms with Crippen LogP contribution >= 0.6 is 0 Å². The molecule has 4 atom stereocenters. The first-order chi connectivity index (χ1) is 29.9. The molecule has 1 aliphatic carbocycles. The number of benzene rings is 4. The van der Waals surface area contributed by atoms with Gasteiger partial charge in [0.15, 0.2) is 0 Å². The minimum atomic E-state index is -0.262. The Kier molecular flexibility index (Phi) is 15.7. The summed E-state index contributed by atoms with van der Waals surface area (Å²) in [6, 6.07) is 18.9. The van der Waals surface area contributed by atoms with Gasteiger partial charge in [-0.2, -0.15) is 0 Å². The molecule has 0 spiro atoms. The van der Waals surface area contributed by atoms with Gasteiger partial charge in [0.05, 0.1) is 28.4 Å². The van der Waals surface area contributed by atoms with Gasteiger partial charge in [-0.3, -0.25) is 0 Å². The second-order valence-corrected chi connectivity index (χ2v) is 22.5.